The second-order valence-electron chi connectivity index (χ2n) is 8.36. The molecule has 32 heavy (non-hydrogen) atoms. The van der Waals surface area contributed by atoms with E-state index in [2.05, 4.69) is 91.0 Å². The maximum atomic E-state index is 6.49. The molecule has 0 unspecified atom stereocenters. The largest absolute Gasteiger partial charge is 0.455 e. The molecule has 0 amide bonds. The molecule has 6 aromatic carbocycles. The van der Waals surface area contributed by atoms with E-state index in [4.69, 9.17) is 10.2 Å². The zero-order valence-electron chi connectivity index (χ0n) is 17.3. The zero-order chi connectivity index (χ0) is 21.2. The fourth-order valence-corrected chi connectivity index (χ4v) is 5.23. The molecule has 2 nitrogen and oxygen atoms in total. The summed E-state index contributed by atoms with van der Waals surface area (Å²) in [6, 6.07) is 36.0. The van der Waals surface area contributed by atoms with E-state index in [1.54, 1.807) is 0 Å². The lowest BCUT2D eigenvalue weighted by Crippen LogP contribution is -1.91. The third-order valence-corrected chi connectivity index (χ3v) is 6.56. The van der Waals surface area contributed by atoms with Crippen molar-refractivity contribution in [1.29, 1.82) is 0 Å². The van der Waals surface area contributed by atoms with Crippen LogP contribution in [-0.4, -0.2) is 0 Å². The van der Waals surface area contributed by atoms with E-state index < -0.39 is 0 Å². The van der Waals surface area contributed by atoms with Gasteiger partial charge < -0.3 is 10.2 Å². The average Bonchev–Trinajstić information content (AvgIpc) is 3.22. The number of fused-ring (bicyclic) bond motifs is 9. The summed E-state index contributed by atoms with van der Waals surface area (Å²) in [7, 11) is 0. The van der Waals surface area contributed by atoms with E-state index in [1.807, 2.05) is 12.1 Å². The van der Waals surface area contributed by atoms with Crippen molar-refractivity contribution in [3.8, 4) is 11.1 Å². The Morgan fingerprint density at radius 2 is 1.06 bits per heavy atom. The highest BCUT2D eigenvalue weighted by atomic mass is 16.3. The number of rotatable bonds is 1. The van der Waals surface area contributed by atoms with Gasteiger partial charge in [0.25, 0.3) is 0 Å². The van der Waals surface area contributed by atoms with Crippen molar-refractivity contribution in [3.05, 3.63) is 103 Å². The molecular formula is C30H19NO. The topological polar surface area (TPSA) is 39.2 Å². The van der Waals surface area contributed by atoms with E-state index in [0.717, 1.165) is 38.8 Å². The van der Waals surface area contributed by atoms with Crippen molar-refractivity contribution in [2.24, 2.45) is 0 Å². The van der Waals surface area contributed by atoms with Crippen LogP contribution in [0.3, 0.4) is 0 Å². The first-order valence-corrected chi connectivity index (χ1v) is 10.8. The highest BCUT2D eigenvalue weighted by Crippen LogP contribution is 2.44. The van der Waals surface area contributed by atoms with Crippen LogP contribution in [0.15, 0.2) is 108 Å². The Balaban J connectivity index is 1.73. The minimum absolute atomic E-state index is 0.751. The predicted octanol–water partition coefficient (Wildman–Crippen LogP) is 8.29. The predicted molar refractivity (Wildman–Crippen MR) is 136 cm³/mol. The van der Waals surface area contributed by atoms with Crippen LogP contribution >= 0.6 is 0 Å². The summed E-state index contributed by atoms with van der Waals surface area (Å²) in [4.78, 5) is 0. The molecule has 150 valence electrons. The molecule has 0 aliphatic rings. The van der Waals surface area contributed by atoms with Gasteiger partial charge in [0.1, 0.15) is 11.2 Å². The minimum Gasteiger partial charge on any atom is -0.455 e. The maximum Gasteiger partial charge on any atom is 0.143 e. The van der Waals surface area contributed by atoms with Crippen LogP contribution in [-0.2, 0) is 0 Å². The normalized spacial score (nSPS) is 11.9. The lowest BCUT2D eigenvalue weighted by atomic mass is 9.88. The third kappa shape index (κ3) is 2.29. The Morgan fingerprint density at radius 3 is 1.84 bits per heavy atom. The molecule has 1 heterocycles. The Kier molecular flexibility index (Phi) is 3.45. The number of hydrogen-bond acceptors (Lipinski definition) is 2. The monoisotopic (exact) mass is 409 g/mol. The molecular weight excluding hydrogens is 390 g/mol. The first-order chi connectivity index (χ1) is 15.8. The Morgan fingerprint density at radius 1 is 0.469 bits per heavy atom. The summed E-state index contributed by atoms with van der Waals surface area (Å²) in [6.45, 7) is 0. The highest BCUT2D eigenvalue weighted by molar-refractivity contribution is 6.29. The summed E-state index contributed by atoms with van der Waals surface area (Å²) in [5.41, 5.74) is 11.2. The minimum atomic E-state index is 0.751. The lowest BCUT2D eigenvalue weighted by Gasteiger charge is -2.15. The van der Waals surface area contributed by atoms with Gasteiger partial charge in [-0.25, -0.2) is 0 Å². The maximum absolute atomic E-state index is 6.49. The van der Waals surface area contributed by atoms with Gasteiger partial charge in [0, 0.05) is 22.0 Å². The molecule has 2 heteroatoms. The van der Waals surface area contributed by atoms with Crippen molar-refractivity contribution < 1.29 is 4.42 Å². The van der Waals surface area contributed by atoms with Crippen molar-refractivity contribution in [3.63, 3.8) is 0 Å². The number of nitrogen functional groups attached to an aromatic ring is 1. The number of furan rings is 1. The molecule has 0 fully saturated rings. The van der Waals surface area contributed by atoms with Crippen LogP contribution in [0.4, 0.5) is 5.69 Å². The molecule has 0 saturated heterocycles. The average molecular weight is 409 g/mol. The van der Waals surface area contributed by atoms with E-state index in [9.17, 15) is 0 Å². The summed E-state index contributed by atoms with van der Waals surface area (Å²) in [6.07, 6.45) is 0. The van der Waals surface area contributed by atoms with Crippen LogP contribution in [0, 0.1) is 0 Å². The molecule has 0 atom stereocenters. The second kappa shape index (κ2) is 6.35. The molecule has 0 spiro atoms. The van der Waals surface area contributed by atoms with Crippen molar-refractivity contribution in [2.75, 3.05) is 5.73 Å². The summed E-state index contributed by atoms with van der Waals surface area (Å²) in [5, 5.41) is 9.57. The number of anilines is 1. The van der Waals surface area contributed by atoms with Crippen LogP contribution in [0.2, 0.25) is 0 Å². The fraction of sp³-hybridized carbons (Fsp3) is 0. The van der Waals surface area contributed by atoms with E-state index in [0.29, 0.717) is 0 Å². The number of para-hydroxylation sites is 2. The van der Waals surface area contributed by atoms with Gasteiger partial charge in [-0.3, -0.25) is 0 Å². The molecule has 0 aliphatic carbocycles. The fourth-order valence-electron chi connectivity index (χ4n) is 5.23. The molecule has 2 N–H and O–H groups in total. The number of hydrogen-bond donors (Lipinski definition) is 1. The second-order valence-corrected chi connectivity index (χ2v) is 8.36. The van der Waals surface area contributed by atoms with Crippen LogP contribution < -0.4 is 5.73 Å². The van der Waals surface area contributed by atoms with Crippen LogP contribution in [0.25, 0.3) is 65.4 Å². The van der Waals surface area contributed by atoms with Gasteiger partial charge in [0.15, 0.2) is 0 Å². The van der Waals surface area contributed by atoms with Gasteiger partial charge in [0.05, 0.1) is 0 Å². The molecule has 7 rings (SSSR count). The molecule has 1 aromatic heterocycles. The van der Waals surface area contributed by atoms with E-state index >= 15 is 0 Å². The van der Waals surface area contributed by atoms with Crippen LogP contribution in [0.1, 0.15) is 0 Å². The van der Waals surface area contributed by atoms with Gasteiger partial charge in [-0.05, 0) is 56.1 Å². The lowest BCUT2D eigenvalue weighted by molar-refractivity contribution is 0.670. The summed E-state index contributed by atoms with van der Waals surface area (Å²) >= 11 is 0. The van der Waals surface area contributed by atoms with Gasteiger partial charge in [-0.1, -0.05) is 84.9 Å². The van der Waals surface area contributed by atoms with Crippen molar-refractivity contribution in [2.45, 2.75) is 0 Å². The Bertz CT molecular complexity index is 1840. The third-order valence-electron chi connectivity index (χ3n) is 6.56. The first kappa shape index (κ1) is 17.4. The number of nitrogens with two attached hydrogens (primary N) is 1. The highest BCUT2D eigenvalue weighted by Gasteiger charge is 2.17. The van der Waals surface area contributed by atoms with E-state index in [-0.39, 0.29) is 0 Å². The molecule has 0 saturated carbocycles. The Labute approximate surface area is 184 Å². The summed E-state index contributed by atoms with van der Waals surface area (Å²) < 4.78 is 6.39. The van der Waals surface area contributed by atoms with E-state index in [1.165, 1.54) is 32.3 Å². The summed E-state index contributed by atoms with van der Waals surface area (Å²) in [5.74, 6) is 0. The smallest absolute Gasteiger partial charge is 0.143 e. The standard InChI is InChI=1S/C30H19NO/c31-18-16-26-21-10-2-1-8-19(21)20-9-3-4-12-23(20)29(26)27(17-18)25-14-7-13-24-22-11-5-6-15-28(22)32-30(24)25/h1-17H,31H2. The Hall–Kier alpha value is -4.30. The SMILES string of the molecule is Nc1cc(-c2cccc3c2oc2ccccc23)c2c3ccccc3c3ccccc3c2c1. The van der Waals surface area contributed by atoms with Crippen LogP contribution in [0.5, 0.6) is 0 Å². The number of benzene rings is 6. The van der Waals surface area contributed by atoms with Crippen molar-refractivity contribution in [1.82, 2.24) is 0 Å². The van der Waals surface area contributed by atoms with Crippen molar-refractivity contribution >= 4 is 59.9 Å². The molecule has 7 aromatic rings. The quantitative estimate of drug-likeness (QED) is 0.219. The molecule has 0 bridgehead atoms. The molecule has 0 radical (unpaired) electrons. The first-order valence-electron chi connectivity index (χ1n) is 10.8. The van der Waals surface area contributed by atoms with Gasteiger partial charge in [-0.15, -0.1) is 0 Å². The van der Waals surface area contributed by atoms with Gasteiger partial charge in [-0.2, -0.15) is 0 Å². The molecule has 0 aliphatic heterocycles. The zero-order valence-corrected chi connectivity index (χ0v) is 17.3. The van der Waals surface area contributed by atoms with Gasteiger partial charge in [0.2, 0.25) is 0 Å². The van der Waals surface area contributed by atoms with Gasteiger partial charge >= 0.3 is 0 Å².